The van der Waals surface area contributed by atoms with Gasteiger partial charge >= 0.3 is 0 Å². The number of amides is 1. The fourth-order valence-corrected chi connectivity index (χ4v) is 2.57. The molecule has 0 spiro atoms. The number of nitrogens with zero attached hydrogens (tertiary/aromatic N) is 2. The average molecular weight is 248 g/mol. The SMILES string of the molecule is CCCC1(C(=O)Nc2ncccn2)CCNCC1. The van der Waals surface area contributed by atoms with Gasteiger partial charge in [-0.05, 0) is 38.4 Å². The number of hydrogen-bond donors (Lipinski definition) is 2. The predicted octanol–water partition coefficient (Wildman–Crippen LogP) is 1.58. The molecule has 18 heavy (non-hydrogen) atoms. The van der Waals surface area contributed by atoms with Crippen LogP contribution >= 0.6 is 0 Å². The quantitative estimate of drug-likeness (QED) is 0.849. The maximum atomic E-state index is 12.5. The molecular formula is C13H20N4O. The Kier molecular flexibility index (Phi) is 4.25. The second kappa shape index (κ2) is 5.91. The summed E-state index contributed by atoms with van der Waals surface area (Å²) in [5, 5.41) is 6.15. The molecule has 1 fully saturated rings. The van der Waals surface area contributed by atoms with Gasteiger partial charge in [0.25, 0.3) is 0 Å². The molecule has 2 rings (SSSR count). The zero-order valence-corrected chi connectivity index (χ0v) is 10.8. The van der Waals surface area contributed by atoms with Crippen molar-refractivity contribution in [3.05, 3.63) is 18.5 Å². The van der Waals surface area contributed by atoms with Crippen LogP contribution < -0.4 is 10.6 Å². The summed E-state index contributed by atoms with van der Waals surface area (Å²) in [5.74, 6) is 0.466. The summed E-state index contributed by atoms with van der Waals surface area (Å²) in [6.45, 7) is 3.93. The maximum absolute atomic E-state index is 12.5. The Labute approximate surface area is 107 Å². The molecule has 2 heterocycles. The van der Waals surface area contributed by atoms with Crippen molar-refractivity contribution >= 4 is 11.9 Å². The Balaban J connectivity index is 2.08. The zero-order valence-electron chi connectivity index (χ0n) is 10.8. The van der Waals surface area contributed by atoms with Gasteiger partial charge in [0.15, 0.2) is 0 Å². The average Bonchev–Trinajstić information content (AvgIpc) is 2.41. The minimum Gasteiger partial charge on any atom is -0.317 e. The van der Waals surface area contributed by atoms with Crippen molar-refractivity contribution in [3.8, 4) is 0 Å². The Bertz CT molecular complexity index is 382. The molecule has 1 aliphatic rings. The van der Waals surface area contributed by atoms with Crippen LogP contribution in [0.5, 0.6) is 0 Å². The standard InChI is InChI=1S/C13H20N4O/c1-2-4-13(5-9-14-10-6-13)11(18)17-12-15-7-3-8-16-12/h3,7-8,14H,2,4-6,9-10H2,1H3,(H,15,16,17,18). The van der Waals surface area contributed by atoms with Gasteiger partial charge in [-0.3, -0.25) is 10.1 Å². The van der Waals surface area contributed by atoms with Gasteiger partial charge in [-0.2, -0.15) is 0 Å². The van der Waals surface area contributed by atoms with Crippen LogP contribution in [-0.2, 0) is 4.79 Å². The normalized spacial score (nSPS) is 18.3. The van der Waals surface area contributed by atoms with E-state index in [-0.39, 0.29) is 11.3 Å². The molecular weight excluding hydrogens is 228 g/mol. The van der Waals surface area contributed by atoms with E-state index in [0.717, 1.165) is 38.8 Å². The highest BCUT2D eigenvalue weighted by molar-refractivity contribution is 5.94. The van der Waals surface area contributed by atoms with Gasteiger partial charge in [-0.15, -0.1) is 0 Å². The molecule has 98 valence electrons. The highest BCUT2D eigenvalue weighted by atomic mass is 16.2. The van der Waals surface area contributed by atoms with Crippen LogP contribution in [-0.4, -0.2) is 29.0 Å². The number of rotatable bonds is 4. The number of piperidine rings is 1. The number of nitrogens with one attached hydrogen (secondary N) is 2. The fraction of sp³-hybridized carbons (Fsp3) is 0.615. The molecule has 0 saturated carbocycles. The Morgan fingerprint density at radius 1 is 1.39 bits per heavy atom. The molecule has 1 amide bonds. The monoisotopic (exact) mass is 248 g/mol. The first kappa shape index (κ1) is 13.0. The molecule has 0 aromatic carbocycles. The molecule has 0 aliphatic carbocycles. The molecule has 1 aliphatic heterocycles. The Morgan fingerprint density at radius 2 is 2.06 bits per heavy atom. The van der Waals surface area contributed by atoms with E-state index in [2.05, 4.69) is 27.5 Å². The largest absolute Gasteiger partial charge is 0.317 e. The number of aromatic nitrogens is 2. The Hall–Kier alpha value is -1.49. The van der Waals surface area contributed by atoms with Crippen molar-refractivity contribution in [3.63, 3.8) is 0 Å². The molecule has 0 atom stereocenters. The number of carbonyl (C=O) groups is 1. The minimum absolute atomic E-state index is 0.0667. The van der Waals surface area contributed by atoms with Crippen LogP contribution in [0.2, 0.25) is 0 Å². The molecule has 1 aromatic rings. The van der Waals surface area contributed by atoms with E-state index in [1.54, 1.807) is 18.5 Å². The summed E-state index contributed by atoms with van der Waals surface area (Å²) in [5.41, 5.74) is -0.251. The lowest BCUT2D eigenvalue weighted by atomic mass is 9.74. The smallest absolute Gasteiger partial charge is 0.233 e. The van der Waals surface area contributed by atoms with Crippen LogP contribution in [0.25, 0.3) is 0 Å². The van der Waals surface area contributed by atoms with E-state index in [4.69, 9.17) is 0 Å². The van der Waals surface area contributed by atoms with Crippen LogP contribution in [0, 0.1) is 5.41 Å². The topological polar surface area (TPSA) is 66.9 Å². The lowest BCUT2D eigenvalue weighted by Gasteiger charge is -2.35. The molecule has 0 unspecified atom stereocenters. The first-order valence-corrected chi connectivity index (χ1v) is 6.56. The van der Waals surface area contributed by atoms with Crippen LogP contribution in [0.3, 0.4) is 0 Å². The van der Waals surface area contributed by atoms with E-state index in [1.165, 1.54) is 0 Å². The third-order valence-corrected chi connectivity index (χ3v) is 3.56. The van der Waals surface area contributed by atoms with Crippen LogP contribution in [0.4, 0.5) is 5.95 Å². The van der Waals surface area contributed by atoms with Crippen molar-refractivity contribution in [1.82, 2.24) is 15.3 Å². The van der Waals surface area contributed by atoms with Gasteiger partial charge in [-0.25, -0.2) is 9.97 Å². The van der Waals surface area contributed by atoms with E-state index in [1.807, 2.05) is 0 Å². The second-order valence-corrected chi connectivity index (χ2v) is 4.81. The summed E-state index contributed by atoms with van der Waals surface area (Å²) < 4.78 is 0. The van der Waals surface area contributed by atoms with E-state index in [9.17, 15) is 4.79 Å². The molecule has 2 N–H and O–H groups in total. The summed E-state index contributed by atoms with van der Waals surface area (Å²) >= 11 is 0. The number of carbonyl (C=O) groups excluding carboxylic acids is 1. The molecule has 0 bridgehead atoms. The van der Waals surface area contributed by atoms with E-state index >= 15 is 0 Å². The highest BCUT2D eigenvalue weighted by Crippen LogP contribution is 2.35. The molecule has 0 radical (unpaired) electrons. The summed E-state index contributed by atoms with van der Waals surface area (Å²) in [7, 11) is 0. The minimum atomic E-state index is -0.251. The molecule has 1 aromatic heterocycles. The lowest BCUT2D eigenvalue weighted by molar-refractivity contribution is -0.127. The van der Waals surface area contributed by atoms with Crippen molar-refractivity contribution < 1.29 is 4.79 Å². The van der Waals surface area contributed by atoms with Crippen LogP contribution in [0.1, 0.15) is 32.6 Å². The second-order valence-electron chi connectivity index (χ2n) is 4.81. The zero-order chi connectivity index (χ0) is 12.8. The first-order chi connectivity index (χ1) is 8.77. The van der Waals surface area contributed by atoms with Gasteiger partial charge < -0.3 is 5.32 Å². The lowest BCUT2D eigenvalue weighted by Crippen LogP contribution is -2.45. The third kappa shape index (κ3) is 2.85. The molecule has 5 nitrogen and oxygen atoms in total. The fourth-order valence-electron chi connectivity index (χ4n) is 2.57. The molecule has 1 saturated heterocycles. The molecule has 5 heteroatoms. The van der Waals surface area contributed by atoms with Gasteiger partial charge in [-0.1, -0.05) is 13.3 Å². The highest BCUT2D eigenvalue weighted by Gasteiger charge is 2.38. The Morgan fingerprint density at radius 3 is 2.67 bits per heavy atom. The maximum Gasteiger partial charge on any atom is 0.233 e. The van der Waals surface area contributed by atoms with Gasteiger partial charge in [0.2, 0.25) is 11.9 Å². The summed E-state index contributed by atoms with van der Waals surface area (Å²) in [4.78, 5) is 20.6. The number of anilines is 1. The summed E-state index contributed by atoms with van der Waals surface area (Å²) in [6, 6.07) is 1.74. The van der Waals surface area contributed by atoms with Crippen molar-refractivity contribution in [2.45, 2.75) is 32.6 Å². The predicted molar refractivity (Wildman–Crippen MR) is 70.1 cm³/mol. The third-order valence-electron chi connectivity index (χ3n) is 3.56. The van der Waals surface area contributed by atoms with Crippen molar-refractivity contribution in [1.29, 1.82) is 0 Å². The van der Waals surface area contributed by atoms with Gasteiger partial charge in [0.1, 0.15) is 0 Å². The number of hydrogen-bond acceptors (Lipinski definition) is 4. The summed E-state index contributed by atoms with van der Waals surface area (Å²) in [6.07, 6.45) is 6.99. The first-order valence-electron chi connectivity index (χ1n) is 6.56. The van der Waals surface area contributed by atoms with E-state index < -0.39 is 0 Å². The van der Waals surface area contributed by atoms with Crippen LogP contribution in [0.15, 0.2) is 18.5 Å². The van der Waals surface area contributed by atoms with E-state index in [0.29, 0.717) is 5.95 Å². The van der Waals surface area contributed by atoms with Gasteiger partial charge in [0, 0.05) is 12.4 Å². The van der Waals surface area contributed by atoms with Gasteiger partial charge in [0.05, 0.1) is 5.41 Å². The van der Waals surface area contributed by atoms with Crippen molar-refractivity contribution in [2.75, 3.05) is 18.4 Å². The van der Waals surface area contributed by atoms with Crippen molar-refractivity contribution in [2.24, 2.45) is 5.41 Å².